The number of Topliss-reactive ketones (excluding diaryl/α,β-unsaturated/α-hetero) is 1. The molecule has 10 heteroatoms. The molecule has 198 valence electrons. The second kappa shape index (κ2) is 21.5. The van der Waals surface area contributed by atoms with Gasteiger partial charge in [-0.15, -0.1) is 0 Å². The molecule has 0 heterocycles. The fraction of sp³-hybridized carbons (Fsp3) is 0.833. The summed E-state index contributed by atoms with van der Waals surface area (Å²) in [7, 11) is 0. The Morgan fingerprint density at radius 1 is 0.735 bits per heavy atom. The number of amides is 3. The fourth-order valence-electron chi connectivity index (χ4n) is 3.52. The van der Waals surface area contributed by atoms with E-state index in [4.69, 9.17) is 11.6 Å². The predicted molar refractivity (Wildman–Crippen MR) is 134 cm³/mol. The average Bonchev–Trinajstić information content (AvgIpc) is 2.80. The normalized spacial score (nSPS) is 12.6. The van der Waals surface area contributed by atoms with Gasteiger partial charge < -0.3 is 21.7 Å². The van der Waals surface area contributed by atoms with Crippen LogP contribution in [-0.2, 0) is 19.2 Å². The van der Waals surface area contributed by atoms with Gasteiger partial charge in [0.05, 0.1) is 6.04 Å². The second-order valence-corrected chi connectivity index (χ2v) is 8.79. The zero-order valence-electron chi connectivity index (χ0n) is 21.3. The second-order valence-electron chi connectivity index (χ2n) is 8.79. The molecule has 0 saturated carbocycles. The summed E-state index contributed by atoms with van der Waals surface area (Å²) in [4.78, 5) is 49.1. The van der Waals surface area contributed by atoms with Crippen LogP contribution in [0.3, 0.4) is 0 Å². The quantitative estimate of drug-likeness (QED) is 0.0761. The fourth-order valence-corrected chi connectivity index (χ4v) is 3.52. The summed E-state index contributed by atoms with van der Waals surface area (Å²) in [5, 5.41) is 8.54. The van der Waals surface area contributed by atoms with E-state index in [9.17, 15) is 19.2 Å². The molecule has 10 nitrogen and oxygen atoms in total. The lowest BCUT2D eigenvalue weighted by atomic mass is 10.0. The first-order chi connectivity index (χ1) is 16.3. The van der Waals surface area contributed by atoms with Crippen molar-refractivity contribution in [3.05, 3.63) is 0 Å². The molecule has 34 heavy (non-hydrogen) atoms. The standard InChI is InChI=1S/C24H48N6O4/c1-3-4-5-15-23(33)29-21(13-7-10-17-27-22(32)14-6-9-16-25)24(34)30-20(19(2)31)12-8-11-18-28-26/h20-21,28H,3-18,25-26H2,1-2H3,(H,27,32)(H,29,33)(H,30,34). The number of unbranched alkanes of at least 4 members (excludes halogenated alkanes) is 5. The Balaban J connectivity index is 4.73. The Kier molecular flexibility index (Phi) is 20.2. The van der Waals surface area contributed by atoms with Crippen LogP contribution >= 0.6 is 0 Å². The molecule has 0 aromatic heterocycles. The van der Waals surface area contributed by atoms with Crippen LogP contribution in [0.25, 0.3) is 0 Å². The molecule has 0 aliphatic heterocycles. The number of carbonyl (C=O) groups is 4. The molecular formula is C24H48N6O4. The topological polar surface area (TPSA) is 168 Å². The lowest BCUT2D eigenvalue weighted by Gasteiger charge is -2.22. The van der Waals surface area contributed by atoms with E-state index in [-0.39, 0.29) is 23.5 Å². The number of carbonyl (C=O) groups excluding carboxylic acids is 4. The summed E-state index contributed by atoms with van der Waals surface area (Å²) < 4.78 is 0. The van der Waals surface area contributed by atoms with Crippen molar-refractivity contribution in [2.45, 2.75) is 109 Å². The van der Waals surface area contributed by atoms with Gasteiger partial charge in [0.2, 0.25) is 17.7 Å². The van der Waals surface area contributed by atoms with Crippen LogP contribution in [0.5, 0.6) is 0 Å². The van der Waals surface area contributed by atoms with Crippen LogP contribution in [0.4, 0.5) is 0 Å². The number of ketones is 1. The van der Waals surface area contributed by atoms with Crippen molar-refractivity contribution in [3.8, 4) is 0 Å². The third kappa shape index (κ3) is 17.4. The number of hydrogen-bond donors (Lipinski definition) is 6. The van der Waals surface area contributed by atoms with E-state index in [1.54, 1.807) is 0 Å². The van der Waals surface area contributed by atoms with Crippen molar-refractivity contribution in [2.75, 3.05) is 19.6 Å². The molecule has 0 aromatic rings. The zero-order chi connectivity index (χ0) is 25.6. The molecule has 0 fully saturated rings. The van der Waals surface area contributed by atoms with E-state index in [2.05, 4.69) is 28.3 Å². The Labute approximate surface area is 205 Å². The van der Waals surface area contributed by atoms with Crippen LogP contribution in [0.15, 0.2) is 0 Å². The first kappa shape index (κ1) is 32.0. The number of hydrazine groups is 1. The van der Waals surface area contributed by atoms with Gasteiger partial charge in [-0.05, 0) is 71.3 Å². The Hall–Kier alpha value is -2.04. The van der Waals surface area contributed by atoms with Gasteiger partial charge in [0.1, 0.15) is 6.04 Å². The van der Waals surface area contributed by atoms with Crippen molar-refractivity contribution in [2.24, 2.45) is 11.6 Å². The lowest BCUT2D eigenvalue weighted by Crippen LogP contribution is -2.51. The number of nitrogens with one attached hydrogen (secondary N) is 4. The zero-order valence-corrected chi connectivity index (χ0v) is 21.3. The van der Waals surface area contributed by atoms with Gasteiger partial charge in [-0.25, -0.2) is 0 Å². The van der Waals surface area contributed by atoms with Crippen LogP contribution in [-0.4, -0.2) is 55.2 Å². The van der Waals surface area contributed by atoms with E-state index in [1.807, 2.05) is 0 Å². The van der Waals surface area contributed by atoms with Crippen LogP contribution in [0, 0.1) is 0 Å². The minimum Gasteiger partial charge on any atom is -0.356 e. The molecule has 8 N–H and O–H groups in total. The van der Waals surface area contributed by atoms with E-state index in [1.165, 1.54) is 6.92 Å². The van der Waals surface area contributed by atoms with E-state index in [0.29, 0.717) is 58.2 Å². The molecular weight excluding hydrogens is 436 g/mol. The van der Waals surface area contributed by atoms with Crippen LogP contribution in [0.1, 0.15) is 97.3 Å². The van der Waals surface area contributed by atoms with Gasteiger partial charge in [-0.1, -0.05) is 19.8 Å². The highest BCUT2D eigenvalue weighted by atomic mass is 16.2. The Morgan fingerprint density at radius 2 is 1.35 bits per heavy atom. The first-order valence-corrected chi connectivity index (χ1v) is 12.9. The van der Waals surface area contributed by atoms with E-state index < -0.39 is 12.1 Å². The van der Waals surface area contributed by atoms with E-state index in [0.717, 1.165) is 44.9 Å². The van der Waals surface area contributed by atoms with E-state index >= 15 is 0 Å². The number of hydrogen-bond acceptors (Lipinski definition) is 7. The summed E-state index contributed by atoms with van der Waals surface area (Å²) in [5.41, 5.74) is 8.01. The molecule has 0 aliphatic rings. The number of rotatable bonds is 22. The average molecular weight is 485 g/mol. The molecule has 0 radical (unpaired) electrons. The monoisotopic (exact) mass is 484 g/mol. The highest BCUT2D eigenvalue weighted by molar-refractivity contribution is 5.92. The predicted octanol–water partition coefficient (Wildman–Crippen LogP) is 1.17. The molecule has 3 amide bonds. The molecule has 2 unspecified atom stereocenters. The maximum absolute atomic E-state index is 12.9. The smallest absolute Gasteiger partial charge is 0.243 e. The van der Waals surface area contributed by atoms with Gasteiger partial charge >= 0.3 is 0 Å². The van der Waals surface area contributed by atoms with Crippen molar-refractivity contribution < 1.29 is 19.2 Å². The van der Waals surface area contributed by atoms with Crippen LogP contribution < -0.4 is 33.0 Å². The maximum atomic E-state index is 12.9. The molecule has 0 aliphatic carbocycles. The third-order valence-electron chi connectivity index (χ3n) is 5.63. The third-order valence-corrected chi connectivity index (χ3v) is 5.63. The van der Waals surface area contributed by atoms with Gasteiger partial charge in [-0.2, -0.15) is 0 Å². The summed E-state index contributed by atoms with van der Waals surface area (Å²) in [6.07, 6.45) is 9.03. The maximum Gasteiger partial charge on any atom is 0.243 e. The number of nitrogens with two attached hydrogens (primary N) is 2. The minimum atomic E-state index is -0.707. The minimum absolute atomic E-state index is 0.00102. The highest BCUT2D eigenvalue weighted by Crippen LogP contribution is 2.07. The molecule has 2 atom stereocenters. The van der Waals surface area contributed by atoms with Crippen molar-refractivity contribution >= 4 is 23.5 Å². The lowest BCUT2D eigenvalue weighted by molar-refractivity contribution is -0.131. The molecule has 0 aromatic carbocycles. The summed E-state index contributed by atoms with van der Waals surface area (Å²) in [6.45, 7) is 5.26. The van der Waals surface area contributed by atoms with Crippen molar-refractivity contribution in [3.63, 3.8) is 0 Å². The van der Waals surface area contributed by atoms with Gasteiger partial charge in [0.15, 0.2) is 5.78 Å². The highest BCUT2D eigenvalue weighted by Gasteiger charge is 2.24. The van der Waals surface area contributed by atoms with Gasteiger partial charge in [0.25, 0.3) is 0 Å². The molecule has 0 spiro atoms. The molecule has 0 saturated heterocycles. The first-order valence-electron chi connectivity index (χ1n) is 12.9. The van der Waals surface area contributed by atoms with Gasteiger partial charge in [-0.3, -0.25) is 30.4 Å². The SMILES string of the molecule is CCCCCC(=O)NC(CCCCNC(=O)CCCCN)C(=O)NC(CCCCNN)C(C)=O. The summed E-state index contributed by atoms with van der Waals surface area (Å²) in [6, 6.07) is -1.29. The molecule has 0 bridgehead atoms. The van der Waals surface area contributed by atoms with Crippen molar-refractivity contribution in [1.29, 1.82) is 0 Å². The Bertz CT molecular complexity index is 588. The summed E-state index contributed by atoms with van der Waals surface area (Å²) in [5.74, 6) is 4.66. The molecule has 0 rings (SSSR count). The largest absolute Gasteiger partial charge is 0.356 e. The van der Waals surface area contributed by atoms with Gasteiger partial charge in [0, 0.05) is 25.9 Å². The van der Waals surface area contributed by atoms with Crippen LogP contribution in [0.2, 0.25) is 0 Å². The Morgan fingerprint density at radius 3 is 1.97 bits per heavy atom. The van der Waals surface area contributed by atoms with Crippen molar-refractivity contribution in [1.82, 2.24) is 21.4 Å². The summed E-state index contributed by atoms with van der Waals surface area (Å²) >= 11 is 0.